The van der Waals surface area contributed by atoms with Crippen molar-refractivity contribution in [1.82, 2.24) is 0 Å². The van der Waals surface area contributed by atoms with E-state index in [1.165, 1.54) is 6.07 Å². The molecule has 2 rings (SSSR count). The van der Waals surface area contributed by atoms with Crippen LogP contribution in [0.15, 0.2) is 22.7 Å². The maximum atomic E-state index is 14.0. The van der Waals surface area contributed by atoms with E-state index >= 15 is 0 Å². The molecule has 0 saturated carbocycles. The molecule has 0 atom stereocenters. The Bertz CT molecular complexity index is 634. The summed E-state index contributed by atoms with van der Waals surface area (Å²) in [4.78, 5) is 11.8. The first kappa shape index (κ1) is 14.0. The second kappa shape index (κ2) is 5.30. The smallest absolute Gasteiger partial charge is 0.348 e. The van der Waals surface area contributed by atoms with Crippen molar-refractivity contribution in [2.45, 2.75) is 13.3 Å². The summed E-state index contributed by atoms with van der Waals surface area (Å²) >= 11 is 4.30. The molecule has 6 heteroatoms. The number of anilines is 1. The van der Waals surface area contributed by atoms with E-state index in [4.69, 9.17) is 10.8 Å². The molecule has 0 bridgehead atoms. The predicted molar refractivity (Wildman–Crippen MR) is 78.2 cm³/mol. The molecule has 0 aliphatic rings. The van der Waals surface area contributed by atoms with Crippen molar-refractivity contribution in [3.8, 4) is 10.4 Å². The van der Waals surface area contributed by atoms with Crippen LogP contribution in [0, 0.1) is 5.82 Å². The van der Waals surface area contributed by atoms with E-state index in [-0.39, 0.29) is 10.6 Å². The van der Waals surface area contributed by atoms with Gasteiger partial charge in [0.25, 0.3) is 0 Å². The largest absolute Gasteiger partial charge is 0.477 e. The van der Waals surface area contributed by atoms with E-state index in [1.807, 2.05) is 6.92 Å². The molecule has 0 amide bonds. The lowest BCUT2D eigenvalue weighted by atomic mass is 10.1. The molecular formula is C13H11BrFNO2S. The van der Waals surface area contributed by atoms with Crippen LogP contribution >= 0.6 is 27.3 Å². The number of aromatic carboxylic acids is 1. The van der Waals surface area contributed by atoms with Crippen molar-refractivity contribution < 1.29 is 14.3 Å². The van der Waals surface area contributed by atoms with Crippen LogP contribution in [0.2, 0.25) is 0 Å². The van der Waals surface area contributed by atoms with Crippen molar-refractivity contribution in [1.29, 1.82) is 0 Å². The first-order chi connectivity index (χ1) is 8.97. The van der Waals surface area contributed by atoms with Crippen LogP contribution in [0.5, 0.6) is 0 Å². The van der Waals surface area contributed by atoms with E-state index in [0.29, 0.717) is 26.9 Å². The summed E-state index contributed by atoms with van der Waals surface area (Å²) in [6.45, 7) is 1.86. The summed E-state index contributed by atoms with van der Waals surface area (Å²) in [6.07, 6.45) is 0.547. The SMILES string of the molecule is CCc1c(-c2c(F)cccc2Br)sc(C(=O)O)c1N. The first-order valence-electron chi connectivity index (χ1n) is 5.56. The quantitative estimate of drug-likeness (QED) is 0.879. The molecule has 100 valence electrons. The Hall–Kier alpha value is -1.40. The third-order valence-electron chi connectivity index (χ3n) is 2.79. The molecule has 3 nitrogen and oxygen atoms in total. The highest BCUT2D eigenvalue weighted by atomic mass is 79.9. The van der Waals surface area contributed by atoms with E-state index in [9.17, 15) is 9.18 Å². The summed E-state index contributed by atoms with van der Waals surface area (Å²) in [7, 11) is 0. The van der Waals surface area contributed by atoms with E-state index in [2.05, 4.69) is 15.9 Å². The number of carbonyl (C=O) groups is 1. The maximum Gasteiger partial charge on any atom is 0.348 e. The Labute approximate surface area is 122 Å². The summed E-state index contributed by atoms with van der Waals surface area (Å²) in [5, 5.41) is 9.11. The molecule has 3 N–H and O–H groups in total. The van der Waals surface area contributed by atoms with Gasteiger partial charge < -0.3 is 10.8 Å². The third-order valence-corrected chi connectivity index (χ3v) is 4.70. The minimum absolute atomic E-state index is 0.0574. The number of thiophene rings is 1. The van der Waals surface area contributed by atoms with E-state index in [0.717, 1.165) is 11.3 Å². The topological polar surface area (TPSA) is 63.3 Å². The normalized spacial score (nSPS) is 10.7. The third kappa shape index (κ3) is 2.37. The molecule has 1 heterocycles. The standard InChI is InChI=1S/C13H11BrFNO2S/c1-2-6-10(16)12(13(17)18)19-11(6)9-7(14)4-3-5-8(9)15/h3-5H,2,16H2,1H3,(H,17,18). The van der Waals surface area contributed by atoms with Gasteiger partial charge in [-0.1, -0.05) is 28.9 Å². The van der Waals surface area contributed by atoms with Crippen LogP contribution in [-0.2, 0) is 6.42 Å². The van der Waals surface area contributed by atoms with Crippen LogP contribution < -0.4 is 5.73 Å². The molecular weight excluding hydrogens is 333 g/mol. The molecule has 0 aliphatic carbocycles. The molecule has 0 radical (unpaired) electrons. The first-order valence-corrected chi connectivity index (χ1v) is 7.17. The highest BCUT2D eigenvalue weighted by Crippen LogP contribution is 2.42. The van der Waals surface area contributed by atoms with Crippen molar-refractivity contribution in [3.05, 3.63) is 38.9 Å². The molecule has 1 aromatic heterocycles. The lowest BCUT2D eigenvalue weighted by Gasteiger charge is -2.06. The monoisotopic (exact) mass is 343 g/mol. The fourth-order valence-electron chi connectivity index (χ4n) is 1.90. The lowest BCUT2D eigenvalue weighted by molar-refractivity contribution is 0.0703. The van der Waals surface area contributed by atoms with Gasteiger partial charge in [0, 0.05) is 14.9 Å². The van der Waals surface area contributed by atoms with Crippen molar-refractivity contribution in [2.75, 3.05) is 5.73 Å². The Morgan fingerprint density at radius 1 is 1.53 bits per heavy atom. The number of hydrogen-bond donors (Lipinski definition) is 2. The number of carboxylic acid groups (broad SMARTS) is 1. The van der Waals surface area contributed by atoms with Gasteiger partial charge >= 0.3 is 5.97 Å². The molecule has 19 heavy (non-hydrogen) atoms. The number of halogens is 2. The van der Waals surface area contributed by atoms with Crippen LogP contribution in [0.1, 0.15) is 22.2 Å². The maximum absolute atomic E-state index is 14.0. The fraction of sp³-hybridized carbons (Fsp3) is 0.154. The Balaban J connectivity index is 2.76. The summed E-state index contributed by atoms with van der Waals surface area (Å²) < 4.78 is 14.6. The van der Waals surface area contributed by atoms with E-state index < -0.39 is 11.8 Å². The number of nitrogens with two attached hydrogens (primary N) is 1. The predicted octanol–water partition coefficient (Wildman–Crippen LogP) is 4.16. The zero-order valence-corrected chi connectivity index (χ0v) is 12.4. The molecule has 0 saturated heterocycles. The second-order valence-electron chi connectivity index (χ2n) is 3.91. The molecule has 2 aromatic rings. The minimum Gasteiger partial charge on any atom is -0.477 e. The molecule has 0 fully saturated rings. The summed E-state index contributed by atoms with van der Waals surface area (Å²) in [5.74, 6) is -1.49. The van der Waals surface area contributed by atoms with Crippen LogP contribution in [0.3, 0.4) is 0 Å². The zero-order valence-electron chi connectivity index (χ0n) is 10.0. The molecule has 0 aliphatic heterocycles. The lowest BCUT2D eigenvalue weighted by Crippen LogP contribution is -1.99. The second-order valence-corrected chi connectivity index (χ2v) is 5.78. The number of nitrogen functional groups attached to an aromatic ring is 1. The van der Waals surface area contributed by atoms with Gasteiger partial charge in [0.2, 0.25) is 0 Å². The van der Waals surface area contributed by atoms with Crippen LogP contribution in [0.4, 0.5) is 10.1 Å². The zero-order chi connectivity index (χ0) is 14.2. The van der Waals surface area contributed by atoms with E-state index in [1.54, 1.807) is 12.1 Å². The van der Waals surface area contributed by atoms with Crippen molar-refractivity contribution in [3.63, 3.8) is 0 Å². The van der Waals surface area contributed by atoms with Gasteiger partial charge in [-0.3, -0.25) is 0 Å². The van der Waals surface area contributed by atoms with Gasteiger partial charge in [-0.15, -0.1) is 11.3 Å². The van der Waals surface area contributed by atoms with Crippen molar-refractivity contribution in [2.24, 2.45) is 0 Å². The van der Waals surface area contributed by atoms with Gasteiger partial charge in [0.15, 0.2) is 0 Å². The Kier molecular flexibility index (Phi) is 3.91. The van der Waals surface area contributed by atoms with Gasteiger partial charge in [-0.2, -0.15) is 0 Å². The van der Waals surface area contributed by atoms with Crippen LogP contribution in [0.25, 0.3) is 10.4 Å². The average molecular weight is 344 g/mol. The average Bonchev–Trinajstić information content (AvgIpc) is 2.66. The number of carboxylic acids is 1. The molecule has 1 aromatic carbocycles. The highest BCUT2D eigenvalue weighted by Gasteiger charge is 2.23. The van der Waals surface area contributed by atoms with Crippen molar-refractivity contribution >= 4 is 38.9 Å². The number of hydrogen-bond acceptors (Lipinski definition) is 3. The Morgan fingerprint density at radius 3 is 2.74 bits per heavy atom. The Morgan fingerprint density at radius 2 is 2.21 bits per heavy atom. The number of benzene rings is 1. The van der Waals surface area contributed by atoms with Gasteiger partial charge in [0.1, 0.15) is 10.7 Å². The minimum atomic E-state index is -1.09. The summed E-state index contributed by atoms with van der Waals surface area (Å²) in [6, 6.07) is 4.65. The molecule has 0 spiro atoms. The van der Waals surface area contributed by atoms with Gasteiger partial charge in [0.05, 0.1) is 5.69 Å². The number of rotatable bonds is 3. The summed E-state index contributed by atoms with van der Waals surface area (Å²) in [5.41, 5.74) is 7.11. The highest BCUT2D eigenvalue weighted by molar-refractivity contribution is 9.10. The van der Waals surface area contributed by atoms with Crippen LogP contribution in [-0.4, -0.2) is 11.1 Å². The van der Waals surface area contributed by atoms with Gasteiger partial charge in [-0.05, 0) is 24.1 Å². The van der Waals surface area contributed by atoms with Gasteiger partial charge in [-0.25, -0.2) is 9.18 Å². The molecule has 0 unspecified atom stereocenters. The fourth-order valence-corrected chi connectivity index (χ4v) is 3.79.